The van der Waals surface area contributed by atoms with E-state index in [4.69, 9.17) is 0 Å². The zero-order valence-electron chi connectivity index (χ0n) is 11.0. The largest absolute Gasteiger partial charge is 0.300 e. The number of carbonyl (C=O) groups is 1. The Morgan fingerprint density at radius 3 is 2.70 bits per heavy atom. The number of sulfonamides is 1. The monoisotopic (exact) mass is 423 g/mol. The molecule has 1 aromatic carbocycles. The molecule has 2 rings (SSSR count). The van der Waals surface area contributed by atoms with Crippen LogP contribution in [0.5, 0.6) is 0 Å². The van der Waals surface area contributed by atoms with Crippen LogP contribution < -0.4 is 0 Å². The standard InChI is InChI=1S/C13H15Br2NO3S/c1-9(17)10-3-2-6-16(8-10)20(18,19)13-7-11(14)4-5-12(13)15/h4-5,7,10H,2-3,6,8H2,1H3. The lowest BCUT2D eigenvalue weighted by Gasteiger charge is -2.30. The van der Waals surface area contributed by atoms with Gasteiger partial charge < -0.3 is 0 Å². The molecule has 0 N–H and O–H groups in total. The summed E-state index contributed by atoms with van der Waals surface area (Å²) in [4.78, 5) is 11.7. The van der Waals surface area contributed by atoms with E-state index in [-0.39, 0.29) is 23.1 Å². The van der Waals surface area contributed by atoms with E-state index in [1.165, 1.54) is 11.2 Å². The molecule has 0 saturated carbocycles. The highest BCUT2D eigenvalue weighted by molar-refractivity contribution is 9.11. The molecular formula is C13H15Br2NO3S. The summed E-state index contributed by atoms with van der Waals surface area (Å²) in [5.41, 5.74) is 0. The maximum atomic E-state index is 12.7. The topological polar surface area (TPSA) is 54.5 Å². The molecule has 110 valence electrons. The number of carbonyl (C=O) groups excluding carboxylic acids is 1. The van der Waals surface area contributed by atoms with Crippen LogP contribution in [0.4, 0.5) is 0 Å². The average molecular weight is 425 g/mol. The summed E-state index contributed by atoms with van der Waals surface area (Å²) >= 11 is 6.57. The first kappa shape index (κ1) is 16.1. The van der Waals surface area contributed by atoms with Gasteiger partial charge >= 0.3 is 0 Å². The van der Waals surface area contributed by atoms with Gasteiger partial charge in [0.2, 0.25) is 10.0 Å². The normalized spacial score (nSPS) is 20.9. The van der Waals surface area contributed by atoms with Gasteiger partial charge in [-0.1, -0.05) is 15.9 Å². The Bertz CT molecular complexity index is 631. The number of nitrogens with zero attached hydrogens (tertiary/aromatic N) is 1. The van der Waals surface area contributed by atoms with Crippen molar-refractivity contribution in [2.75, 3.05) is 13.1 Å². The lowest BCUT2D eigenvalue weighted by atomic mass is 9.96. The predicted octanol–water partition coefficient (Wildman–Crippen LogP) is 3.20. The lowest BCUT2D eigenvalue weighted by Crippen LogP contribution is -2.41. The molecule has 0 amide bonds. The maximum Gasteiger partial charge on any atom is 0.244 e. The molecule has 0 aromatic heterocycles. The molecule has 1 unspecified atom stereocenters. The fraction of sp³-hybridized carbons (Fsp3) is 0.462. The first-order valence-corrected chi connectivity index (χ1v) is 9.30. The van der Waals surface area contributed by atoms with E-state index in [2.05, 4.69) is 31.9 Å². The molecule has 1 heterocycles. The molecule has 20 heavy (non-hydrogen) atoms. The van der Waals surface area contributed by atoms with Crippen molar-refractivity contribution in [2.24, 2.45) is 5.92 Å². The molecule has 1 fully saturated rings. The van der Waals surface area contributed by atoms with Crippen molar-refractivity contribution in [2.45, 2.75) is 24.7 Å². The van der Waals surface area contributed by atoms with E-state index in [1.54, 1.807) is 18.2 Å². The minimum Gasteiger partial charge on any atom is -0.300 e. The molecule has 0 aliphatic carbocycles. The van der Waals surface area contributed by atoms with Crippen molar-refractivity contribution >= 4 is 47.7 Å². The van der Waals surface area contributed by atoms with Crippen molar-refractivity contribution in [3.63, 3.8) is 0 Å². The Morgan fingerprint density at radius 2 is 2.05 bits per heavy atom. The van der Waals surface area contributed by atoms with Crippen LogP contribution in [0, 0.1) is 5.92 Å². The van der Waals surface area contributed by atoms with Gasteiger partial charge in [-0.2, -0.15) is 4.31 Å². The highest BCUT2D eigenvalue weighted by Gasteiger charge is 2.33. The number of halogens is 2. The van der Waals surface area contributed by atoms with Crippen LogP contribution in [0.2, 0.25) is 0 Å². The first-order valence-electron chi connectivity index (χ1n) is 6.28. The van der Waals surface area contributed by atoms with Gasteiger partial charge in [0.15, 0.2) is 0 Å². The average Bonchev–Trinajstić information content (AvgIpc) is 2.41. The van der Waals surface area contributed by atoms with Crippen LogP contribution in [0.1, 0.15) is 19.8 Å². The quantitative estimate of drug-likeness (QED) is 0.748. The van der Waals surface area contributed by atoms with Crippen LogP contribution in [0.25, 0.3) is 0 Å². The fourth-order valence-electron chi connectivity index (χ4n) is 2.31. The van der Waals surface area contributed by atoms with E-state index in [9.17, 15) is 13.2 Å². The van der Waals surface area contributed by atoms with Gasteiger partial charge in [0.25, 0.3) is 0 Å². The van der Waals surface area contributed by atoms with Crippen LogP contribution in [0.15, 0.2) is 32.0 Å². The summed E-state index contributed by atoms with van der Waals surface area (Å²) in [5.74, 6) is -0.136. The summed E-state index contributed by atoms with van der Waals surface area (Å²) in [6, 6.07) is 5.05. The maximum absolute atomic E-state index is 12.7. The third kappa shape index (κ3) is 3.32. The Morgan fingerprint density at radius 1 is 1.35 bits per heavy atom. The molecule has 1 aliphatic heterocycles. The highest BCUT2D eigenvalue weighted by atomic mass is 79.9. The van der Waals surface area contributed by atoms with Crippen molar-refractivity contribution in [3.05, 3.63) is 27.1 Å². The zero-order valence-corrected chi connectivity index (χ0v) is 15.0. The van der Waals surface area contributed by atoms with E-state index in [0.29, 0.717) is 15.5 Å². The second-order valence-corrected chi connectivity index (χ2v) is 8.56. The Hall–Kier alpha value is -0.240. The smallest absolute Gasteiger partial charge is 0.244 e. The summed E-state index contributed by atoms with van der Waals surface area (Å²) in [6.07, 6.45) is 1.48. The lowest BCUT2D eigenvalue weighted by molar-refractivity contribution is -0.121. The Kier molecular flexibility index (Phi) is 5.05. The summed E-state index contributed by atoms with van der Waals surface area (Å²) in [5, 5.41) is 0. The molecule has 0 spiro atoms. The molecule has 0 bridgehead atoms. The van der Waals surface area contributed by atoms with Crippen molar-refractivity contribution in [3.8, 4) is 0 Å². The van der Waals surface area contributed by atoms with Gasteiger partial charge in [-0.15, -0.1) is 0 Å². The minimum absolute atomic E-state index is 0.0539. The number of Topliss-reactive ketones (excluding diaryl/α,β-unsaturated/α-hetero) is 1. The number of benzene rings is 1. The molecule has 1 aliphatic rings. The Labute approximate surface area is 135 Å². The minimum atomic E-state index is -3.58. The van der Waals surface area contributed by atoms with Gasteiger partial charge in [0, 0.05) is 28.0 Å². The van der Waals surface area contributed by atoms with E-state index < -0.39 is 10.0 Å². The van der Waals surface area contributed by atoms with Gasteiger partial charge in [0.05, 0.1) is 4.90 Å². The second-order valence-electron chi connectivity index (χ2n) is 4.89. The van der Waals surface area contributed by atoms with Crippen LogP contribution in [0.3, 0.4) is 0 Å². The first-order chi connectivity index (χ1) is 9.32. The number of piperidine rings is 1. The fourth-order valence-corrected chi connectivity index (χ4v) is 5.29. The molecule has 1 saturated heterocycles. The molecule has 4 nitrogen and oxygen atoms in total. The molecule has 7 heteroatoms. The number of ketones is 1. The third-order valence-corrected chi connectivity index (χ3v) is 6.82. The summed E-state index contributed by atoms with van der Waals surface area (Å²) in [7, 11) is -3.58. The van der Waals surface area contributed by atoms with Crippen molar-refractivity contribution < 1.29 is 13.2 Å². The van der Waals surface area contributed by atoms with E-state index in [0.717, 1.165) is 12.8 Å². The van der Waals surface area contributed by atoms with Gasteiger partial charge in [-0.3, -0.25) is 4.79 Å². The number of hydrogen-bond acceptors (Lipinski definition) is 3. The van der Waals surface area contributed by atoms with Gasteiger partial charge in [-0.05, 0) is 53.9 Å². The zero-order chi connectivity index (χ0) is 14.9. The highest BCUT2D eigenvalue weighted by Crippen LogP contribution is 2.30. The molecular weight excluding hydrogens is 410 g/mol. The molecule has 1 atom stereocenters. The predicted molar refractivity (Wildman–Crippen MR) is 84.0 cm³/mol. The van der Waals surface area contributed by atoms with Crippen LogP contribution in [-0.4, -0.2) is 31.6 Å². The van der Waals surface area contributed by atoms with Crippen molar-refractivity contribution in [1.29, 1.82) is 0 Å². The van der Waals surface area contributed by atoms with Gasteiger partial charge in [0.1, 0.15) is 5.78 Å². The number of rotatable bonds is 3. The van der Waals surface area contributed by atoms with E-state index >= 15 is 0 Å². The number of hydrogen-bond donors (Lipinski definition) is 0. The molecule has 1 aromatic rings. The van der Waals surface area contributed by atoms with Gasteiger partial charge in [-0.25, -0.2) is 8.42 Å². The van der Waals surface area contributed by atoms with Crippen molar-refractivity contribution in [1.82, 2.24) is 4.31 Å². The molecule has 0 radical (unpaired) electrons. The SMILES string of the molecule is CC(=O)C1CCCN(S(=O)(=O)c2cc(Br)ccc2Br)C1. The third-order valence-electron chi connectivity index (χ3n) is 3.47. The summed E-state index contributed by atoms with van der Waals surface area (Å²) < 4.78 is 28.0. The summed E-state index contributed by atoms with van der Waals surface area (Å²) in [6.45, 7) is 2.26. The van der Waals surface area contributed by atoms with Crippen LogP contribution in [-0.2, 0) is 14.8 Å². The van der Waals surface area contributed by atoms with E-state index in [1.807, 2.05) is 0 Å². The van der Waals surface area contributed by atoms with Crippen LogP contribution >= 0.6 is 31.9 Å². The second kappa shape index (κ2) is 6.25. The Balaban J connectivity index is 2.35.